The van der Waals surface area contributed by atoms with Crippen molar-refractivity contribution in [2.24, 2.45) is 5.29 Å². The van der Waals surface area contributed by atoms with Crippen molar-refractivity contribution in [2.75, 3.05) is 5.43 Å². The highest BCUT2D eigenvalue weighted by atomic mass is 16.3. The Morgan fingerprint density at radius 3 is 2.45 bits per heavy atom. The molecule has 0 saturated carbocycles. The summed E-state index contributed by atoms with van der Waals surface area (Å²) in [5.74, 6) is 0. The van der Waals surface area contributed by atoms with E-state index in [-0.39, 0.29) is 0 Å². The monoisotopic (exact) mass is 149 g/mol. The molecule has 0 amide bonds. The molecule has 5 heteroatoms. The van der Waals surface area contributed by atoms with Gasteiger partial charge in [-0.25, -0.2) is 5.43 Å². The van der Waals surface area contributed by atoms with Crippen LogP contribution < -0.4 is 5.43 Å². The van der Waals surface area contributed by atoms with Gasteiger partial charge in [-0.3, -0.25) is 0 Å². The lowest BCUT2D eigenvalue weighted by Crippen LogP contribution is -1.83. The van der Waals surface area contributed by atoms with Gasteiger partial charge in [0.25, 0.3) is 0 Å². The van der Waals surface area contributed by atoms with Gasteiger partial charge in [-0.2, -0.15) is 0 Å². The molecule has 54 valence electrons. The lowest BCUT2D eigenvalue weighted by atomic mass is 10.3. The smallest absolute Gasteiger partial charge is 0.242 e. The van der Waals surface area contributed by atoms with E-state index in [1.54, 1.807) is 24.3 Å². The van der Waals surface area contributed by atoms with E-state index in [9.17, 15) is 4.91 Å². The molecule has 0 aliphatic heterocycles. The number of anilines is 1. The first-order chi connectivity index (χ1) is 5.36. The minimum absolute atomic E-state index is 0.432. The van der Waals surface area contributed by atoms with E-state index < -0.39 is 0 Å². The van der Waals surface area contributed by atoms with Gasteiger partial charge >= 0.3 is 5.69 Å². The molecule has 0 heterocycles. The molecule has 1 N–H and O–H groups in total. The van der Waals surface area contributed by atoms with Gasteiger partial charge in [0.15, 0.2) is 4.98 Å². The van der Waals surface area contributed by atoms with Crippen molar-refractivity contribution in [3.63, 3.8) is 0 Å². The van der Waals surface area contributed by atoms with Crippen molar-refractivity contribution in [1.82, 2.24) is 0 Å². The van der Waals surface area contributed by atoms with Crippen molar-refractivity contribution in [2.45, 2.75) is 0 Å². The molecule has 1 rings (SSSR count). The van der Waals surface area contributed by atoms with Gasteiger partial charge in [-0.15, -0.1) is 4.91 Å². The van der Waals surface area contributed by atoms with Gasteiger partial charge in [-0.1, -0.05) is 0 Å². The predicted molar refractivity (Wildman–Crippen MR) is 40.6 cm³/mol. The van der Waals surface area contributed by atoms with E-state index in [0.717, 1.165) is 0 Å². The maximum Gasteiger partial charge on any atom is 0.385 e. The number of nitroso groups, excluding NO2 is 1. The van der Waals surface area contributed by atoms with Gasteiger partial charge in [0, 0.05) is 12.1 Å². The fourth-order valence-corrected chi connectivity index (χ4v) is 0.655. The summed E-state index contributed by atoms with van der Waals surface area (Å²) in [6.45, 7) is 0. The predicted octanol–water partition coefficient (Wildman–Crippen LogP) is 2.26. The zero-order valence-corrected chi connectivity index (χ0v) is 5.56. The molecular weight excluding hydrogens is 144 g/mol. The standard InChI is InChI=1S/C6H4N4O/c7-8-5-1-3-6(4-2-5)9-10-11/h1-4H/p+1. The molecular formula is C6H5N4O+. The lowest BCUT2D eigenvalue weighted by molar-refractivity contribution is 1.32. The van der Waals surface area contributed by atoms with Crippen LogP contribution in [0, 0.1) is 10.3 Å². The first-order valence-electron chi connectivity index (χ1n) is 2.90. The van der Waals surface area contributed by atoms with Crippen LogP contribution in [0.15, 0.2) is 29.6 Å². The Labute approximate surface area is 62.6 Å². The SMILES string of the molecule is N#[N+]c1ccc(NN=O)cc1. The third-order valence-corrected chi connectivity index (χ3v) is 1.16. The van der Waals surface area contributed by atoms with Crippen LogP contribution in [0.25, 0.3) is 4.98 Å². The third kappa shape index (κ3) is 1.72. The van der Waals surface area contributed by atoms with Crippen molar-refractivity contribution >= 4 is 11.4 Å². The molecule has 0 radical (unpaired) electrons. The van der Waals surface area contributed by atoms with Gasteiger partial charge in [0.05, 0.1) is 11.0 Å². The van der Waals surface area contributed by atoms with Crippen LogP contribution in [-0.4, -0.2) is 0 Å². The second-order valence-corrected chi connectivity index (χ2v) is 1.85. The van der Waals surface area contributed by atoms with Gasteiger partial charge in [0.1, 0.15) is 0 Å². The number of nitrogens with one attached hydrogen (secondary N) is 1. The summed E-state index contributed by atoms with van der Waals surface area (Å²) in [7, 11) is 0. The highest BCUT2D eigenvalue weighted by Gasteiger charge is 2.01. The molecule has 0 aliphatic rings. The maximum absolute atomic E-state index is 9.69. The molecule has 0 aliphatic carbocycles. The molecule has 0 spiro atoms. The molecule has 5 nitrogen and oxygen atoms in total. The quantitative estimate of drug-likeness (QED) is 0.398. The molecule has 1 aromatic rings. The Bertz CT molecular complexity index is 286. The van der Waals surface area contributed by atoms with E-state index in [2.05, 4.69) is 15.7 Å². The van der Waals surface area contributed by atoms with Crippen molar-refractivity contribution in [1.29, 1.82) is 5.39 Å². The number of benzene rings is 1. The number of nitrogens with zero attached hydrogens (tertiary/aromatic N) is 3. The summed E-state index contributed by atoms with van der Waals surface area (Å²) >= 11 is 0. The van der Waals surface area contributed by atoms with Crippen LogP contribution in [0.3, 0.4) is 0 Å². The molecule has 0 bridgehead atoms. The molecule has 11 heavy (non-hydrogen) atoms. The summed E-state index contributed by atoms with van der Waals surface area (Å²) in [6, 6.07) is 6.26. The first kappa shape index (κ1) is 7.15. The summed E-state index contributed by atoms with van der Waals surface area (Å²) < 4.78 is 0. The van der Waals surface area contributed by atoms with Gasteiger partial charge in [-0.05, 0) is 12.1 Å². The normalized spacial score (nSPS) is 8.27. The summed E-state index contributed by atoms with van der Waals surface area (Å²) in [6.07, 6.45) is 0. The van der Waals surface area contributed by atoms with E-state index >= 15 is 0 Å². The van der Waals surface area contributed by atoms with Gasteiger partial charge in [0.2, 0.25) is 5.39 Å². The van der Waals surface area contributed by atoms with E-state index in [1.165, 1.54) is 0 Å². The van der Waals surface area contributed by atoms with Crippen molar-refractivity contribution in [3.05, 3.63) is 34.1 Å². The highest BCUT2D eigenvalue weighted by Crippen LogP contribution is 2.15. The zero-order chi connectivity index (χ0) is 8.10. The Morgan fingerprint density at radius 1 is 1.36 bits per heavy atom. The van der Waals surface area contributed by atoms with Crippen LogP contribution in [-0.2, 0) is 0 Å². The Kier molecular flexibility index (Phi) is 2.13. The zero-order valence-electron chi connectivity index (χ0n) is 5.56. The molecule has 1 aromatic carbocycles. The van der Waals surface area contributed by atoms with E-state index in [0.29, 0.717) is 11.4 Å². The van der Waals surface area contributed by atoms with Crippen LogP contribution in [0.4, 0.5) is 11.4 Å². The summed E-state index contributed by atoms with van der Waals surface area (Å²) in [4.78, 5) is 12.6. The summed E-state index contributed by atoms with van der Waals surface area (Å²) in [5, 5.41) is 10.7. The second kappa shape index (κ2) is 3.27. The molecule has 0 atom stereocenters. The number of rotatable bonds is 2. The van der Waals surface area contributed by atoms with Crippen molar-refractivity contribution < 1.29 is 0 Å². The van der Waals surface area contributed by atoms with Crippen LogP contribution in [0.2, 0.25) is 0 Å². The Morgan fingerprint density at radius 2 is 2.00 bits per heavy atom. The average molecular weight is 149 g/mol. The van der Waals surface area contributed by atoms with Gasteiger partial charge < -0.3 is 0 Å². The minimum atomic E-state index is 0.432. The third-order valence-electron chi connectivity index (χ3n) is 1.16. The molecule has 0 fully saturated rings. The molecule has 0 aromatic heterocycles. The second-order valence-electron chi connectivity index (χ2n) is 1.85. The molecule has 0 unspecified atom stereocenters. The largest absolute Gasteiger partial charge is 0.385 e. The topological polar surface area (TPSA) is 69.6 Å². The maximum atomic E-state index is 9.69. The summed E-state index contributed by atoms with van der Waals surface area (Å²) in [5.41, 5.74) is 3.20. The number of hydrogen-bond donors (Lipinski definition) is 1. The number of hydrogen-bond acceptors (Lipinski definition) is 3. The minimum Gasteiger partial charge on any atom is -0.242 e. The fourth-order valence-electron chi connectivity index (χ4n) is 0.655. The van der Waals surface area contributed by atoms with Crippen LogP contribution >= 0.6 is 0 Å². The Balaban J connectivity index is 2.84. The van der Waals surface area contributed by atoms with E-state index in [1.807, 2.05) is 0 Å². The van der Waals surface area contributed by atoms with Crippen molar-refractivity contribution in [3.8, 4) is 0 Å². The lowest BCUT2D eigenvalue weighted by Gasteiger charge is -1.90. The first-order valence-corrected chi connectivity index (χ1v) is 2.90. The van der Waals surface area contributed by atoms with Crippen LogP contribution in [0.1, 0.15) is 0 Å². The van der Waals surface area contributed by atoms with E-state index in [4.69, 9.17) is 5.39 Å². The highest BCUT2D eigenvalue weighted by molar-refractivity contribution is 5.53. The molecule has 0 saturated heterocycles. The number of diazo groups is 1. The average Bonchev–Trinajstić information content (AvgIpc) is 2.07. The Hall–Kier alpha value is -1.96. The van der Waals surface area contributed by atoms with Crippen LogP contribution in [0.5, 0.6) is 0 Å². The fraction of sp³-hybridized carbons (Fsp3) is 0.